The van der Waals surface area contributed by atoms with Crippen LogP contribution < -0.4 is 11.1 Å². The van der Waals surface area contributed by atoms with Crippen LogP contribution in [0.2, 0.25) is 0 Å². The summed E-state index contributed by atoms with van der Waals surface area (Å²) in [6, 6.07) is 7.28. The summed E-state index contributed by atoms with van der Waals surface area (Å²) in [5.41, 5.74) is 6.73. The molecule has 0 aliphatic carbocycles. The van der Waals surface area contributed by atoms with Gasteiger partial charge in [0.15, 0.2) is 0 Å². The predicted octanol–water partition coefficient (Wildman–Crippen LogP) is 1.19. The molecule has 0 spiro atoms. The molecule has 94 valence electrons. The molecule has 1 heterocycles. The van der Waals surface area contributed by atoms with Crippen molar-refractivity contribution in [2.75, 3.05) is 26.0 Å². The zero-order valence-electron chi connectivity index (χ0n) is 10.1. The molecule has 5 heteroatoms. The molecule has 0 radical (unpaired) electrons. The molecule has 18 heavy (non-hydrogen) atoms. The fraction of sp³-hybridized carbons (Fsp3) is 0.231. The molecule has 1 aromatic heterocycles. The number of rotatable bonds is 4. The number of nitrogen functional groups attached to an aromatic ring is 1. The Labute approximate surface area is 105 Å². The molecule has 0 bridgehead atoms. The van der Waals surface area contributed by atoms with Crippen molar-refractivity contribution in [2.45, 2.75) is 0 Å². The van der Waals surface area contributed by atoms with E-state index >= 15 is 0 Å². The minimum absolute atomic E-state index is 0.219. The van der Waals surface area contributed by atoms with Gasteiger partial charge in [0.05, 0.1) is 6.61 Å². The zero-order valence-corrected chi connectivity index (χ0v) is 10.1. The van der Waals surface area contributed by atoms with E-state index < -0.39 is 0 Å². The highest BCUT2D eigenvalue weighted by Gasteiger charge is 2.11. The normalized spacial score (nSPS) is 10.5. The summed E-state index contributed by atoms with van der Waals surface area (Å²) >= 11 is 0. The van der Waals surface area contributed by atoms with Gasteiger partial charge in [-0.25, -0.2) is 0 Å². The summed E-state index contributed by atoms with van der Waals surface area (Å²) in [6.45, 7) is 0.925. The van der Waals surface area contributed by atoms with E-state index in [0.717, 1.165) is 10.8 Å². The standard InChI is InChI=1S/C13H15N3O2/c1-18-7-6-16-13(17)12-11-8-10(14)3-2-9(11)4-5-15-12/h2-5,8H,6-7,14H2,1H3,(H,16,17). The number of benzene rings is 1. The highest BCUT2D eigenvalue weighted by atomic mass is 16.5. The van der Waals surface area contributed by atoms with Crippen molar-refractivity contribution in [2.24, 2.45) is 0 Å². The molecule has 0 atom stereocenters. The second kappa shape index (κ2) is 5.46. The number of methoxy groups -OCH3 is 1. The lowest BCUT2D eigenvalue weighted by atomic mass is 10.1. The van der Waals surface area contributed by atoms with Gasteiger partial charge in [0, 0.05) is 30.9 Å². The predicted molar refractivity (Wildman–Crippen MR) is 70.4 cm³/mol. The molecule has 1 aromatic carbocycles. The van der Waals surface area contributed by atoms with Gasteiger partial charge in [-0.05, 0) is 23.6 Å². The molecule has 5 nitrogen and oxygen atoms in total. The molecule has 2 aromatic rings. The van der Waals surface area contributed by atoms with Crippen LogP contribution in [0, 0.1) is 0 Å². The average molecular weight is 245 g/mol. The van der Waals surface area contributed by atoms with E-state index in [2.05, 4.69) is 10.3 Å². The van der Waals surface area contributed by atoms with Gasteiger partial charge in [-0.2, -0.15) is 0 Å². The Balaban J connectivity index is 2.32. The Morgan fingerprint density at radius 2 is 2.28 bits per heavy atom. The third kappa shape index (κ3) is 2.57. The topological polar surface area (TPSA) is 77.2 Å². The van der Waals surface area contributed by atoms with E-state index in [1.807, 2.05) is 12.1 Å². The maximum absolute atomic E-state index is 12.0. The second-order valence-corrected chi connectivity index (χ2v) is 3.89. The van der Waals surface area contributed by atoms with Crippen LogP contribution >= 0.6 is 0 Å². The number of nitrogens with zero attached hydrogens (tertiary/aromatic N) is 1. The summed E-state index contributed by atoms with van der Waals surface area (Å²) in [5, 5.41) is 4.44. The summed E-state index contributed by atoms with van der Waals surface area (Å²) < 4.78 is 4.88. The number of hydrogen-bond acceptors (Lipinski definition) is 4. The van der Waals surface area contributed by atoms with Crippen molar-refractivity contribution >= 4 is 22.4 Å². The lowest BCUT2D eigenvalue weighted by Gasteiger charge is -2.07. The van der Waals surface area contributed by atoms with E-state index in [0.29, 0.717) is 24.5 Å². The number of hydrogen-bond donors (Lipinski definition) is 2. The van der Waals surface area contributed by atoms with Crippen molar-refractivity contribution in [3.8, 4) is 0 Å². The maximum atomic E-state index is 12.0. The molecule has 2 rings (SSSR count). The van der Waals surface area contributed by atoms with E-state index in [4.69, 9.17) is 10.5 Å². The monoisotopic (exact) mass is 245 g/mol. The van der Waals surface area contributed by atoms with Gasteiger partial charge in [-0.3, -0.25) is 9.78 Å². The van der Waals surface area contributed by atoms with Crippen LogP contribution in [-0.4, -0.2) is 31.2 Å². The molecular formula is C13H15N3O2. The minimum atomic E-state index is -0.219. The number of aromatic nitrogens is 1. The molecule has 0 aliphatic heterocycles. The van der Waals surface area contributed by atoms with Crippen LogP contribution in [0.5, 0.6) is 0 Å². The molecule has 1 amide bonds. The van der Waals surface area contributed by atoms with Crippen LogP contribution in [0.4, 0.5) is 5.69 Å². The maximum Gasteiger partial charge on any atom is 0.270 e. The number of anilines is 1. The van der Waals surface area contributed by atoms with Gasteiger partial charge in [-0.15, -0.1) is 0 Å². The smallest absolute Gasteiger partial charge is 0.270 e. The summed E-state index contributed by atoms with van der Waals surface area (Å²) in [7, 11) is 1.59. The molecular weight excluding hydrogens is 230 g/mol. The summed E-state index contributed by atoms with van der Waals surface area (Å²) in [6.07, 6.45) is 1.61. The highest BCUT2D eigenvalue weighted by Crippen LogP contribution is 2.19. The summed E-state index contributed by atoms with van der Waals surface area (Å²) in [5.74, 6) is -0.219. The van der Waals surface area contributed by atoms with E-state index in [1.54, 1.807) is 25.4 Å². The van der Waals surface area contributed by atoms with Crippen molar-refractivity contribution in [1.82, 2.24) is 10.3 Å². The number of ether oxygens (including phenoxy) is 1. The minimum Gasteiger partial charge on any atom is -0.399 e. The molecule has 0 fully saturated rings. The molecule has 0 unspecified atom stereocenters. The number of nitrogens with one attached hydrogen (secondary N) is 1. The second-order valence-electron chi connectivity index (χ2n) is 3.89. The van der Waals surface area contributed by atoms with Crippen molar-refractivity contribution in [3.05, 3.63) is 36.2 Å². The Hall–Kier alpha value is -2.14. The Morgan fingerprint density at radius 1 is 1.44 bits per heavy atom. The van der Waals surface area contributed by atoms with Gasteiger partial charge in [-0.1, -0.05) is 6.07 Å². The number of nitrogens with two attached hydrogens (primary N) is 1. The SMILES string of the molecule is COCCNC(=O)c1nccc2ccc(N)cc12. The summed E-state index contributed by atoms with van der Waals surface area (Å²) in [4.78, 5) is 16.1. The Morgan fingerprint density at radius 3 is 3.06 bits per heavy atom. The first-order valence-electron chi connectivity index (χ1n) is 5.64. The largest absolute Gasteiger partial charge is 0.399 e. The fourth-order valence-corrected chi connectivity index (χ4v) is 1.72. The first-order valence-corrected chi connectivity index (χ1v) is 5.64. The number of pyridine rings is 1. The van der Waals surface area contributed by atoms with Crippen molar-refractivity contribution < 1.29 is 9.53 Å². The van der Waals surface area contributed by atoms with E-state index in [-0.39, 0.29) is 5.91 Å². The van der Waals surface area contributed by atoms with Crippen molar-refractivity contribution in [1.29, 1.82) is 0 Å². The third-order valence-electron chi connectivity index (χ3n) is 2.60. The molecule has 0 saturated carbocycles. The average Bonchev–Trinajstić information content (AvgIpc) is 2.38. The van der Waals surface area contributed by atoms with Crippen LogP contribution in [0.3, 0.4) is 0 Å². The molecule has 3 N–H and O–H groups in total. The van der Waals surface area contributed by atoms with Crippen LogP contribution in [0.25, 0.3) is 10.8 Å². The number of amides is 1. The Kier molecular flexibility index (Phi) is 3.74. The van der Waals surface area contributed by atoms with Gasteiger partial charge < -0.3 is 15.8 Å². The first-order chi connectivity index (χ1) is 8.72. The highest BCUT2D eigenvalue weighted by molar-refractivity contribution is 6.05. The van der Waals surface area contributed by atoms with Gasteiger partial charge in [0.1, 0.15) is 5.69 Å². The van der Waals surface area contributed by atoms with Gasteiger partial charge in [0.25, 0.3) is 5.91 Å². The fourth-order valence-electron chi connectivity index (χ4n) is 1.72. The van der Waals surface area contributed by atoms with Gasteiger partial charge in [0.2, 0.25) is 0 Å². The van der Waals surface area contributed by atoms with Gasteiger partial charge >= 0.3 is 0 Å². The molecule has 0 saturated heterocycles. The molecule has 0 aliphatic rings. The van der Waals surface area contributed by atoms with Crippen molar-refractivity contribution in [3.63, 3.8) is 0 Å². The zero-order chi connectivity index (χ0) is 13.0. The number of fused-ring (bicyclic) bond motifs is 1. The first kappa shape index (κ1) is 12.3. The van der Waals surface area contributed by atoms with Crippen LogP contribution in [-0.2, 0) is 4.74 Å². The lowest BCUT2D eigenvalue weighted by molar-refractivity contribution is 0.0934. The quantitative estimate of drug-likeness (QED) is 0.626. The lowest BCUT2D eigenvalue weighted by Crippen LogP contribution is -2.27. The number of carbonyl (C=O) groups is 1. The van der Waals surface area contributed by atoms with Crippen LogP contribution in [0.15, 0.2) is 30.5 Å². The Bertz CT molecular complexity index is 569. The number of carbonyl (C=O) groups excluding carboxylic acids is 1. The van der Waals surface area contributed by atoms with E-state index in [1.165, 1.54) is 0 Å². The van der Waals surface area contributed by atoms with Crippen LogP contribution in [0.1, 0.15) is 10.5 Å². The third-order valence-corrected chi connectivity index (χ3v) is 2.60. The van der Waals surface area contributed by atoms with E-state index in [9.17, 15) is 4.79 Å².